The lowest BCUT2D eigenvalue weighted by Gasteiger charge is -2.23. The molecule has 2 rings (SSSR count). The van der Waals surface area contributed by atoms with Crippen LogP contribution in [0, 0.1) is 5.82 Å². The van der Waals surface area contributed by atoms with Gasteiger partial charge in [0.2, 0.25) is 0 Å². The number of hydrogen-bond donors (Lipinski definition) is 2. The number of hydrogen-bond acceptors (Lipinski definition) is 4. The molecule has 1 aliphatic carbocycles. The van der Waals surface area contributed by atoms with Crippen molar-refractivity contribution < 1.29 is 9.60 Å². The fourth-order valence-corrected chi connectivity index (χ4v) is 1.72. The van der Waals surface area contributed by atoms with Gasteiger partial charge in [0.15, 0.2) is 11.6 Å². The van der Waals surface area contributed by atoms with Crippen LogP contribution in [0.25, 0.3) is 0 Å². The summed E-state index contributed by atoms with van der Waals surface area (Å²) in [7, 11) is 0. The summed E-state index contributed by atoms with van der Waals surface area (Å²) in [4.78, 5) is 5.93. The van der Waals surface area contributed by atoms with Crippen LogP contribution in [0.5, 0.6) is 0 Å². The SMILES string of the molecule is NC(CCN(c1ncccc1F)C1CC1)=NO. The van der Waals surface area contributed by atoms with Crippen molar-refractivity contribution in [1.82, 2.24) is 4.98 Å². The Kier molecular flexibility index (Phi) is 3.41. The van der Waals surface area contributed by atoms with Gasteiger partial charge in [0.05, 0.1) is 0 Å². The number of rotatable bonds is 5. The molecule has 0 bridgehead atoms. The summed E-state index contributed by atoms with van der Waals surface area (Å²) < 4.78 is 13.6. The van der Waals surface area contributed by atoms with E-state index in [9.17, 15) is 4.39 Å². The van der Waals surface area contributed by atoms with Gasteiger partial charge in [-0.05, 0) is 25.0 Å². The number of aromatic nitrogens is 1. The summed E-state index contributed by atoms with van der Waals surface area (Å²) in [6.45, 7) is 0.508. The predicted octanol–water partition coefficient (Wildman–Crippen LogP) is 1.33. The van der Waals surface area contributed by atoms with Crippen molar-refractivity contribution in [2.45, 2.75) is 25.3 Å². The van der Waals surface area contributed by atoms with E-state index in [0.29, 0.717) is 24.8 Å². The highest BCUT2D eigenvalue weighted by Crippen LogP contribution is 2.31. The van der Waals surface area contributed by atoms with Crippen molar-refractivity contribution in [3.8, 4) is 0 Å². The molecular formula is C11H15FN4O. The number of pyridine rings is 1. The Morgan fingerprint density at radius 1 is 1.65 bits per heavy atom. The molecular weight excluding hydrogens is 223 g/mol. The van der Waals surface area contributed by atoms with Gasteiger partial charge in [0.25, 0.3) is 0 Å². The molecule has 6 heteroatoms. The molecule has 1 aromatic rings. The topological polar surface area (TPSA) is 74.7 Å². The average molecular weight is 238 g/mol. The van der Waals surface area contributed by atoms with Crippen molar-refractivity contribution in [3.63, 3.8) is 0 Å². The van der Waals surface area contributed by atoms with Crippen LogP contribution in [0.4, 0.5) is 10.2 Å². The molecule has 0 aromatic carbocycles. The largest absolute Gasteiger partial charge is 0.409 e. The number of nitrogens with two attached hydrogens (primary N) is 1. The summed E-state index contributed by atoms with van der Waals surface area (Å²) in [5.41, 5.74) is 5.42. The van der Waals surface area contributed by atoms with Crippen LogP contribution in [0.1, 0.15) is 19.3 Å². The summed E-state index contributed by atoms with van der Waals surface area (Å²) >= 11 is 0. The predicted molar refractivity (Wildman–Crippen MR) is 62.6 cm³/mol. The Labute approximate surface area is 98.7 Å². The molecule has 0 unspecified atom stereocenters. The van der Waals surface area contributed by atoms with Crippen LogP contribution in [0.3, 0.4) is 0 Å². The highest BCUT2D eigenvalue weighted by Gasteiger charge is 2.31. The monoisotopic (exact) mass is 238 g/mol. The summed E-state index contributed by atoms with van der Waals surface area (Å²) in [6.07, 6.45) is 4.03. The lowest BCUT2D eigenvalue weighted by atomic mass is 10.3. The molecule has 3 N–H and O–H groups in total. The minimum absolute atomic E-state index is 0.145. The third kappa shape index (κ3) is 2.83. The van der Waals surface area contributed by atoms with E-state index in [0.717, 1.165) is 12.8 Å². The molecule has 1 saturated carbocycles. The maximum absolute atomic E-state index is 13.6. The maximum atomic E-state index is 13.6. The second-order valence-corrected chi connectivity index (χ2v) is 4.07. The van der Waals surface area contributed by atoms with Crippen molar-refractivity contribution in [1.29, 1.82) is 0 Å². The van der Waals surface area contributed by atoms with Gasteiger partial charge in [-0.25, -0.2) is 9.37 Å². The maximum Gasteiger partial charge on any atom is 0.165 e. The lowest BCUT2D eigenvalue weighted by Crippen LogP contribution is -2.31. The summed E-state index contributed by atoms with van der Waals surface area (Å²) in [5, 5.41) is 11.4. The molecule has 0 atom stereocenters. The standard InChI is InChI=1S/C11H15FN4O/c12-9-2-1-6-14-11(9)16(8-3-4-8)7-5-10(13)15-17/h1-2,6,8,17H,3-5,7H2,(H2,13,15). The zero-order chi connectivity index (χ0) is 12.3. The van der Waals surface area contributed by atoms with E-state index < -0.39 is 0 Å². The van der Waals surface area contributed by atoms with Gasteiger partial charge in [-0.3, -0.25) is 0 Å². The van der Waals surface area contributed by atoms with E-state index in [1.807, 2.05) is 4.90 Å². The molecule has 1 aliphatic rings. The Balaban J connectivity index is 2.10. The van der Waals surface area contributed by atoms with Crippen LogP contribution < -0.4 is 10.6 Å². The smallest absolute Gasteiger partial charge is 0.165 e. The molecule has 1 heterocycles. The van der Waals surface area contributed by atoms with Crippen molar-refractivity contribution in [3.05, 3.63) is 24.1 Å². The third-order valence-electron chi connectivity index (χ3n) is 2.74. The molecule has 0 amide bonds. The molecule has 0 spiro atoms. The Bertz CT molecular complexity index is 420. The highest BCUT2D eigenvalue weighted by atomic mass is 19.1. The van der Waals surface area contributed by atoms with E-state index in [4.69, 9.17) is 10.9 Å². The normalized spacial score (nSPS) is 15.9. The molecule has 17 heavy (non-hydrogen) atoms. The minimum atomic E-state index is -0.334. The summed E-state index contributed by atoms with van der Waals surface area (Å²) in [6, 6.07) is 3.28. The van der Waals surface area contributed by atoms with E-state index in [-0.39, 0.29) is 11.7 Å². The molecule has 0 aliphatic heterocycles. The van der Waals surface area contributed by atoms with Crippen LogP contribution in [0.15, 0.2) is 23.5 Å². The number of nitrogens with zero attached hydrogens (tertiary/aromatic N) is 3. The number of amidine groups is 1. The van der Waals surface area contributed by atoms with Crippen LogP contribution in [0.2, 0.25) is 0 Å². The average Bonchev–Trinajstić information content (AvgIpc) is 3.15. The zero-order valence-corrected chi connectivity index (χ0v) is 9.38. The number of oxime groups is 1. The van der Waals surface area contributed by atoms with Gasteiger partial charge in [-0.15, -0.1) is 0 Å². The first kappa shape index (κ1) is 11.6. The Hall–Kier alpha value is -1.85. The molecule has 92 valence electrons. The van der Waals surface area contributed by atoms with E-state index in [1.165, 1.54) is 6.07 Å². The molecule has 5 nitrogen and oxygen atoms in total. The van der Waals surface area contributed by atoms with Gasteiger partial charge in [-0.1, -0.05) is 5.16 Å². The molecule has 1 fully saturated rings. The van der Waals surface area contributed by atoms with Gasteiger partial charge in [0, 0.05) is 25.2 Å². The minimum Gasteiger partial charge on any atom is -0.409 e. The van der Waals surface area contributed by atoms with Gasteiger partial charge < -0.3 is 15.8 Å². The first-order chi connectivity index (χ1) is 8.22. The molecule has 0 saturated heterocycles. The third-order valence-corrected chi connectivity index (χ3v) is 2.74. The number of anilines is 1. The van der Waals surface area contributed by atoms with Crippen molar-refractivity contribution in [2.75, 3.05) is 11.4 Å². The van der Waals surface area contributed by atoms with Crippen LogP contribution in [-0.2, 0) is 0 Å². The Morgan fingerprint density at radius 3 is 3.00 bits per heavy atom. The summed E-state index contributed by atoms with van der Waals surface area (Å²) in [5.74, 6) is 0.159. The van der Waals surface area contributed by atoms with Crippen molar-refractivity contribution in [2.24, 2.45) is 10.9 Å². The Morgan fingerprint density at radius 2 is 2.41 bits per heavy atom. The van der Waals surface area contributed by atoms with Gasteiger partial charge >= 0.3 is 0 Å². The van der Waals surface area contributed by atoms with E-state index in [2.05, 4.69) is 10.1 Å². The van der Waals surface area contributed by atoms with Crippen LogP contribution >= 0.6 is 0 Å². The molecule has 0 radical (unpaired) electrons. The highest BCUT2D eigenvalue weighted by molar-refractivity contribution is 5.80. The van der Waals surface area contributed by atoms with E-state index in [1.54, 1.807) is 12.3 Å². The quantitative estimate of drug-likeness (QED) is 0.351. The van der Waals surface area contributed by atoms with Crippen LogP contribution in [-0.4, -0.2) is 28.6 Å². The van der Waals surface area contributed by atoms with Crippen molar-refractivity contribution >= 4 is 11.7 Å². The zero-order valence-electron chi connectivity index (χ0n) is 9.38. The first-order valence-corrected chi connectivity index (χ1v) is 5.56. The fourth-order valence-electron chi connectivity index (χ4n) is 1.72. The van der Waals surface area contributed by atoms with E-state index >= 15 is 0 Å². The first-order valence-electron chi connectivity index (χ1n) is 5.56. The lowest BCUT2D eigenvalue weighted by molar-refractivity contribution is 0.317. The second kappa shape index (κ2) is 4.99. The second-order valence-electron chi connectivity index (χ2n) is 4.07. The fraction of sp³-hybridized carbons (Fsp3) is 0.455. The number of halogens is 1. The van der Waals surface area contributed by atoms with Gasteiger partial charge in [-0.2, -0.15) is 0 Å². The molecule has 1 aromatic heterocycles. The van der Waals surface area contributed by atoms with Gasteiger partial charge in [0.1, 0.15) is 5.84 Å².